The fourth-order valence-electron chi connectivity index (χ4n) is 2.28. The molecule has 0 spiro atoms. The third kappa shape index (κ3) is 4.93. The first kappa shape index (κ1) is 18.6. The van der Waals surface area contributed by atoms with Gasteiger partial charge in [0.25, 0.3) is 0 Å². The standard InChI is InChI=1S/C18H17N3O5S/c19-27(23,24)15-8-6-14(7-9-15)25-10-11-26-18(22)17-12-16(20-21-17)13-4-2-1-3-5-13/h1-9,12H,10-11H2,(H,20,21)(H2,19,23,24). The molecule has 0 amide bonds. The van der Waals surface area contributed by atoms with Crippen molar-refractivity contribution in [3.05, 3.63) is 66.4 Å². The van der Waals surface area contributed by atoms with E-state index in [1.807, 2.05) is 30.3 Å². The van der Waals surface area contributed by atoms with E-state index < -0.39 is 16.0 Å². The molecule has 3 rings (SSSR count). The predicted octanol–water partition coefficient (Wildman–Crippen LogP) is 1.96. The summed E-state index contributed by atoms with van der Waals surface area (Å²) in [4.78, 5) is 12.0. The lowest BCUT2D eigenvalue weighted by Gasteiger charge is -2.07. The molecule has 27 heavy (non-hydrogen) atoms. The average molecular weight is 387 g/mol. The Labute approximate surface area is 156 Å². The molecule has 8 nitrogen and oxygen atoms in total. The molecule has 9 heteroatoms. The van der Waals surface area contributed by atoms with Gasteiger partial charge in [0.1, 0.15) is 24.7 Å². The number of nitrogens with zero attached hydrogens (tertiary/aromatic N) is 1. The van der Waals surface area contributed by atoms with E-state index in [9.17, 15) is 13.2 Å². The normalized spacial score (nSPS) is 11.1. The molecule has 3 aromatic rings. The maximum atomic E-state index is 12.0. The van der Waals surface area contributed by atoms with Crippen molar-refractivity contribution in [2.24, 2.45) is 5.14 Å². The molecule has 0 saturated heterocycles. The van der Waals surface area contributed by atoms with Crippen LogP contribution in [-0.4, -0.2) is 37.8 Å². The van der Waals surface area contributed by atoms with E-state index in [4.69, 9.17) is 14.6 Å². The highest BCUT2D eigenvalue weighted by atomic mass is 32.2. The number of nitrogens with two attached hydrogens (primary N) is 1. The molecule has 0 fully saturated rings. The topological polar surface area (TPSA) is 124 Å². The number of ether oxygens (including phenoxy) is 2. The van der Waals surface area contributed by atoms with Gasteiger partial charge in [0.05, 0.1) is 10.6 Å². The highest BCUT2D eigenvalue weighted by molar-refractivity contribution is 7.89. The number of nitrogens with one attached hydrogen (secondary N) is 1. The van der Waals surface area contributed by atoms with Crippen LogP contribution in [0.1, 0.15) is 10.5 Å². The zero-order chi connectivity index (χ0) is 19.3. The second-order valence-electron chi connectivity index (χ2n) is 5.53. The van der Waals surface area contributed by atoms with Crippen LogP contribution < -0.4 is 9.88 Å². The molecule has 0 atom stereocenters. The number of aromatic amines is 1. The van der Waals surface area contributed by atoms with Gasteiger partial charge in [-0.25, -0.2) is 18.4 Å². The summed E-state index contributed by atoms with van der Waals surface area (Å²) in [6, 6.07) is 16.7. The van der Waals surface area contributed by atoms with Crippen LogP contribution in [0, 0.1) is 0 Å². The molecular formula is C18H17N3O5S. The minimum absolute atomic E-state index is 0.00487. The molecule has 140 valence electrons. The number of rotatable bonds is 7. The Balaban J connectivity index is 1.48. The van der Waals surface area contributed by atoms with Crippen molar-refractivity contribution in [3.8, 4) is 17.0 Å². The third-order valence-corrected chi connectivity index (χ3v) is 4.53. The van der Waals surface area contributed by atoms with E-state index in [-0.39, 0.29) is 23.8 Å². The number of hydrogen-bond acceptors (Lipinski definition) is 6. The van der Waals surface area contributed by atoms with Gasteiger partial charge in [-0.3, -0.25) is 5.10 Å². The highest BCUT2D eigenvalue weighted by Gasteiger charge is 2.12. The highest BCUT2D eigenvalue weighted by Crippen LogP contribution is 2.17. The van der Waals surface area contributed by atoms with Gasteiger partial charge in [-0.1, -0.05) is 30.3 Å². The van der Waals surface area contributed by atoms with E-state index in [2.05, 4.69) is 10.2 Å². The Bertz CT molecular complexity index is 1010. The van der Waals surface area contributed by atoms with Gasteiger partial charge in [-0.15, -0.1) is 0 Å². The van der Waals surface area contributed by atoms with E-state index in [0.717, 1.165) is 5.56 Å². The van der Waals surface area contributed by atoms with Crippen LogP contribution >= 0.6 is 0 Å². The number of carbonyl (C=O) groups is 1. The van der Waals surface area contributed by atoms with E-state index >= 15 is 0 Å². The van der Waals surface area contributed by atoms with Gasteiger partial charge in [0.15, 0.2) is 0 Å². The van der Waals surface area contributed by atoms with Crippen molar-refractivity contribution in [3.63, 3.8) is 0 Å². The summed E-state index contributed by atoms with van der Waals surface area (Å²) >= 11 is 0. The zero-order valence-corrected chi connectivity index (χ0v) is 15.0. The molecule has 0 saturated carbocycles. The van der Waals surface area contributed by atoms with Crippen LogP contribution in [0.25, 0.3) is 11.3 Å². The quantitative estimate of drug-likeness (QED) is 0.472. The summed E-state index contributed by atoms with van der Waals surface area (Å²) in [7, 11) is -3.74. The van der Waals surface area contributed by atoms with Crippen molar-refractivity contribution >= 4 is 16.0 Å². The van der Waals surface area contributed by atoms with Crippen molar-refractivity contribution in [1.29, 1.82) is 0 Å². The number of carbonyl (C=O) groups excluding carboxylic acids is 1. The van der Waals surface area contributed by atoms with Crippen molar-refractivity contribution in [1.82, 2.24) is 10.2 Å². The first-order valence-electron chi connectivity index (χ1n) is 7.97. The van der Waals surface area contributed by atoms with Gasteiger partial charge in [-0.2, -0.15) is 5.10 Å². The lowest BCUT2D eigenvalue weighted by Crippen LogP contribution is -2.13. The summed E-state index contributed by atoms with van der Waals surface area (Å²) in [6.07, 6.45) is 0. The molecule has 1 aromatic heterocycles. The number of primary sulfonamides is 1. The Morgan fingerprint density at radius 1 is 1.04 bits per heavy atom. The van der Waals surface area contributed by atoms with Crippen molar-refractivity contribution in [2.75, 3.05) is 13.2 Å². The molecule has 0 aliphatic heterocycles. The molecule has 1 heterocycles. The van der Waals surface area contributed by atoms with Gasteiger partial charge in [0, 0.05) is 5.56 Å². The van der Waals surface area contributed by atoms with Crippen molar-refractivity contribution in [2.45, 2.75) is 4.90 Å². The van der Waals surface area contributed by atoms with Gasteiger partial charge >= 0.3 is 5.97 Å². The molecule has 0 bridgehead atoms. The van der Waals surface area contributed by atoms with Crippen LogP contribution in [0.3, 0.4) is 0 Å². The summed E-state index contributed by atoms with van der Waals surface area (Å²) in [6.45, 7) is 0.135. The lowest BCUT2D eigenvalue weighted by atomic mass is 10.1. The minimum Gasteiger partial charge on any atom is -0.490 e. The zero-order valence-electron chi connectivity index (χ0n) is 14.2. The SMILES string of the molecule is NS(=O)(=O)c1ccc(OCCOC(=O)c2cc(-c3ccccc3)n[nH]2)cc1. The second kappa shape index (κ2) is 8.02. The summed E-state index contributed by atoms with van der Waals surface area (Å²) in [5.41, 5.74) is 1.78. The summed E-state index contributed by atoms with van der Waals surface area (Å²) in [5, 5.41) is 11.8. The number of hydrogen-bond donors (Lipinski definition) is 2. The van der Waals surface area contributed by atoms with Gasteiger partial charge in [0.2, 0.25) is 10.0 Å². The first-order valence-corrected chi connectivity index (χ1v) is 9.52. The number of aromatic nitrogens is 2. The molecule has 2 aromatic carbocycles. The number of sulfonamides is 1. The monoisotopic (exact) mass is 387 g/mol. The largest absolute Gasteiger partial charge is 0.490 e. The van der Waals surface area contributed by atoms with Crippen LogP contribution in [0.2, 0.25) is 0 Å². The second-order valence-corrected chi connectivity index (χ2v) is 7.10. The fraction of sp³-hybridized carbons (Fsp3) is 0.111. The first-order chi connectivity index (χ1) is 12.9. The van der Waals surface area contributed by atoms with Crippen LogP contribution in [0.4, 0.5) is 0 Å². The maximum Gasteiger partial charge on any atom is 0.356 e. The summed E-state index contributed by atoms with van der Waals surface area (Å²) < 4.78 is 32.9. The van der Waals surface area contributed by atoms with Gasteiger partial charge in [-0.05, 0) is 30.3 Å². The summed E-state index contributed by atoms with van der Waals surface area (Å²) in [5.74, 6) is -0.107. The van der Waals surface area contributed by atoms with Gasteiger partial charge < -0.3 is 9.47 Å². The van der Waals surface area contributed by atoms with Crippen LogP contribution in [0.15, 0.2) is 65.6 Å². The number of benzene rings is 2. The molecule has 3 N–H and O–H groups in total. The lowest BCUT2D eigenvalue weighted by molar-refractivity contribution is 0.0443. The van der Waals surface area contributed by atoms with Crippen LogP contribution in [-0.2, 0) is 14.8 Å². The maximum absolute atomic E-state index is 12.0. The Kier molecular flexibility index (Phi) is 5.53. The van der Waals surface area contributed by atoms with Crippen molar-refractivity contribution < 1.29 is 22.7 Å². The molecule has 0 aliphatic carbocycles. The molecule has 0 radical (unpaired) electrons. The Morgan fingerprint density at radius 2 is 1.74 bits per heavy atom. The Hall–Kier alpha value is -3.17. The van der Waals surface area contributed by atoms with E-state index in [1.165, 1.54) is 24.3 Å². The smallest absolute Gasteiger partial charge is 0.356 e. The third-order valence-electron chi connectivity index (χ3n) is 3.60. The fourth-order valence-corrected chi connectivity index (χ4v) is 2.80. The molecule has 0 unspecified atom stereocenters. The van der Waals surface area contributed by atoms with Crippen LogP contribution in [0.5, 0.6) is 5.75 Å². The van der Waals surface area contributed by atoms with E-state index in [0.29, 0.717) is 11.4 Å². The number of H-pyrrole nitrogens is 1. The Morgan fingerprint density at radius 3 is 2.41 bits per heavy atom. The van der Waals surface area contributed by atoms with E-state index in [1.54, 1.807) is 6.07 Å². The molecular weight excluding hydrogens is 370 g/mol. The number of esters is 1. The minimum atomic E-state index is -3.74. The molecule has 0 aliphatic rings. The predicted molar refractivity (Wildman–Crippen MR) is 97.6 cm³/mol. The average Bonchev–Trinajstić information content (AvgIpc) is 3.16.